The average Bonchev–Trinajstić information content (AvgIpc) is 3.19. The number of halogens is 3. The molecular weight excluding hydrogens is 404 g/mol. The Morgan fingerprint density at radius 2 is 1.86 bits per heavy atom. The highest BCUT2D eigenvalue weighted by Gasteiger charge is 2.32. The fraction of sp³-hybridized carbons (Fsp3) is 0.250. The molecule has 0 saturated heterocycles. The Morgan fingerprint density at radius 1 is 1.17 bits per heavy atom. The van der Waals surface area contributed by atoms with E-state index in [1.54, 1.807) is 24.3 Å². The Morgan fingerprint density at radius 3 is 2.41 bits per heavy atom. The lowest BCUT2D eigenvalue weighted by Crippen LogP contribution is -2.44. The fourth-order valence-corrected chi connectivity index (χ4v) is 2.81. The highest BCUT2D eigenvalue weighted by molar-refractivity contribution is 6.30. The van der Waals surface area contributed by atoms with Crippen molar-refractivity contribution in [2.24, 2.45) is 0 Å². The van der Waals surface area contributed by atoms with E-state index in [4.69, 9.17) is 20.8 Å². The van der Waals surface area contributed by atoms with Crippen molar-refractivity contribution < 1.29 is 22.7 Å². The van der Waals surface area contributed by atoms with E-state index in [0.29, 0.717) is 22.6 Å². The van der Waals surface area contributed by atoms with E-state index in [9.17, 15) is 13.6 Å². The van der Waals surface area contributed by atoms with Gasteiger partial charge in [-0.2, -0.15) is 8.78 Å². The van der Waals surface area contributed by atoms with Crippen LogP contribution in [-0.4, -0.2) is 35.5 Å². The molecule has 0 saturated carbocycles. The highest BCUT2D eigenvalue weighted by Crippen LogP contribution is 2.34. The van der Waals surface area contributed by atoms with Gasteiger partial charge in [0.05, 0.1) is 5.56 Å². The summed E-state index contributed by atoms with van der Waals surface area (Å²) < 4.78 is 36.5. The van der Waals surface area contributed by atoms with Crippen molar-refractivity contribution in [3.8, 4) is 17.2 Å². The van der Waals surface area contributed by atoms with Gasteiger partial charge in [-0.15, -0.1) is 10.2 Å². The minimum atomic E-state index is -2.87. The molecule has 0 aliphatic carbocycles. The smallest absolute Gasteiger partial charge is 0.314 e. The highest BCUT2D eigenvalue weighted by atomic mass is 35.5. The maximum absolute atomic E-state index is 12.7. The number of ether oxygens (including phenoxy) is 1. The second kappa shape index (κ2) is 8.26. The molecule has 9 heteroatoms. The van der Waals surface area contributed by atoms with Crippen molar-refractivity contribution in [2.45, 2.75) is 19.1 Å². The summed E-state index contributed by atoms with van der Waals surface area (Å²) in [5.41, 5.74) is 0.460. The number of hydrogen-bond donors (Lipinski definition) is 0. The lowest BCUT2D eigenvalue weighted by Gasteiger charge is -2.37. The summed E-state index contributed by atoms with van der Waals surface area (Å²) in [5, 5.41) is 7.49. The molecule has 1 unspecified atom stereocenters. The van der Waals surface area contributed by atoms with Crippen LogP contribution in [0.1, 0.15) is 35.2 Å². The predicted molar refractivity (Wildman–Crippen MR) is 103 cm³/mol. The van der Waals surface area contributed by atoms with Crippen molar-refractivity contribution in [1.29, 1.82) is 0 Å². The third-order valence-electron chi connectivity index (χ3n) is 4.55. The van der Waals surface area contributed by atoms with Crippen LogP contribution < -0.4 is 4.74 Å². The van der Waals surface area contributed by atoms with Gasteiger partial charge in [0.2, 0.25) is 5.89 Å². The zero-order valence-corrected chi connectivity index (χ0v) is 16.7. The van der Waals surface area contributed by atoms with E-state index in [1.165, 1.54) is 6.07 Å². The maximum Gasteiger partial charge on any atom is 0.314 e. The first-order valence-corrected chi connectivity index (χ1v) is 8.96. The lowest BCUT2D eigenvalue weighted by atomic mass is 10.0. The molecule has 0 aliphatic heterocycles. The molecule has 3 aromatic rings. The molecule has 0 aliphatic rings. The molecule has 0 fully saturated rings. The van der Waals surface area contributed by atoms with Gasteiger partial charge in [0.1, 0.15) is 5.75 Å². The van der Waals surface area contributed by atoms with Gasteiger partial charge in [0, 0.05) is 16.1 Å². The van der Waals surface area contributed by atoms with Crippen molar-refractivity contribution >= 4 is 17.9 Å². The van der Waals surface area contributed by atoms with Crippen LogP contribution in [0, 0.1) is 0 Å². The number of rotatable bonds is 7. The van der Waals surface area contributed by atoms with Gasteiger partial charge < -0.3 is 9.15 Å². The number of aldehydes is 1. The van der Waals surface area contributed by atoms with E-state index in [2.05, 4.69) is 10.2 Å². The summed E-state index contributed by atoms with van der Waals surface area (Å²) in [6.45, 7) is 1.85. The van der Waals surface area contributed by atoms with Crippen LogP contribution in [0.4, 0.5) is 8.78 Å². The van der Waals surface area contributed by atoms with Crippen molar-refractivity contribution in [3.63, 3.8) is 0 Å². The molecule has 1 heterocycles. The van der Waals surface area contributed by atoms with E-state index in [1.807, 2.05) is 38.1 Å². The molecular formula is C20H18ClF2N3O3. The quantitative estimate of drug-likeness (QED) is 0.397. The Hall–Kier alpha value is -2.84. The van der Waals surface area contributed by atoms with Crippen LogP contribution in [0.15, 0.2) is 46.9 Å². The average molecular weight is 422 g/mol. The largest absolute Gasteiger partial charge is 0.468 e. The number of carbonyl (C=O) groups excluding carboxylic acids is 1. The molecule has 0 amide bonds. The van der Waals surface area contributed by atoms with Crippen LogP contribution in [0.5, 0.6) is 5.75 Å². The van der Waals surface area contributed by atoms with Crippen LogP contribution >= 0.6 is 11.6 Å². The van der Waals surface area contributed by atoms with Crippen LogP contribution in [0.3, 0.4) is 0 Å². The zero-order chi connectivity index (χ0) is 21.2. The second-order valence-electron chi connectivity index (χ2n) is 6.60. The van der Waals surface area contributed by atoms with Gasteiger partial charge in [-0.25, -0.2) is 0 Å². The van der Waals surface area contributed by atoms with E-state index in [-0.39, 0.29) is 11.5 Å². The predicted octanol–water partition coefficient (Wildman–Crippen LogP) is 4.95. The minimum Gasteiger partial charge on any atom is -0.468 e. The SMILES string of the molecule is CN(C)C(C)(Oc1ccc(-c2nnc(C(F)F)o2)cc1C=O)c1ccc(Cl)cc1. The minimum absolute atomic E-state index is 0.108. The Balaban J connectivity index is 1.96. The first kappa shape index (κ1) is 20.9. The molecule has 1 atom stereocenters. The molecule has 0 bridgehead atoms. The molecule has 2 aromatic carbocycles. The van der Waals surface area contributed by atoms with Crippen molar-refractivity contribution in [2.75, 3.05) is 14.1 Å². The van der Waals surface area contributed by atoms with Gasteiger partial charge in [-0.05, 0) is 51.4 Å². The van der Waals surface area contributed by atoms with Crippen molar-refractivity contribution in [3.05, 3.63) is 64.5 Å². The Labute approximate surface area is 171 Å². The van der Waals surface area contributed by atoms with Crippen LogP contribution in [0.2, 0.25) is 5.02 Å². The molecule has 0 radical (unpaired) electrons. The summed E-state index contributed by atoms with van der Waals surface area (Å²) in [6, 6.07) is 11.7. The molecule has 1 aromatic heterocycles. The van der Waals surface area contributed by atoms with Gasteiger partial charge in [-0.1, -0.05) is 23.7 Å². The molecule has 152 valence electrons. The summed E-state index contributed by atoms with van der Waals surface area (Å²) >= 11 is 5.98. The molecule has 29 heavy (non-hydrogen) atoms. The number of carbonyl (C=O) groups is 1. The molecule has 6 nitrogen and oxygen atoms in total. The van der Waals surface area contributed by atoms with E-state index < -0.39 is 18.0 Å². The first-order chi connectivity index (χ1) is 13.7. The normalized spacial score (nSPS) is 13.5. The molecule has 3 rings (SSSR count). The van der Waals surface area contributed by atoms with E-state index in [0.717, 1.165) is 5.56 Å². The summed E-state index contributed by atoms with van der Waals surface area (Å²) in [4.78, 5) is 13.5. The van der Waals surface area contributed by atoms with Gasteiger partial charge in [0.25, 0.3) is 5.89 Å². The lowest BCUT2D eigenvalue weighted by molar-refractivity contribution is -0.0470. The summed E-state index contributed by atoms with van der Waals surface area (Å²) in [6.07, 6.45) is -2.26. The summed E-state index contributed by atoms with van der Waals surface area (Å²) in [7, 11) is 3.68. The standard InChI is InChI=1S/C20H18ClF2N3O3/c1-20(26(2)3,14-5-7-15(21)8-6-14)29-16-9-4-12(10-13(16)11-27)18-24-25-19(28-18)17(22)23/h4-11,17H,1-3H3. The Bertz CT molecular complexity index is 1010. The van der Waals surface area contributed by atoms with Gasteiger partial charge in [0.15, 0.2) is 12.0 Å². The maximum atomic E-state index is 12.7. The number of nitrogens with zero attached hydrogens (tertiary/aromatic N) is 3. The first-order valence-electron chi connectivity index (χ1n) is 8.58. The van der Waals surface area contributed by atoms with Crippen LogP contribution in [0.25, 0.3) is 11.5 Å². The molecule has 0 N–H and O–H groups in total. The number of alkyl halides is 2. The van der Waals surface area contributed by atoms with E-state index >= 15 is 0 Å². The van der Waals surface area contributed by atoms with Crippen LogP contribution in [-0.2, 0) is 5.72 Å². The summed E-state index contributed by atoms with van der Waals surface area (Å²) in [5.74, 6) is -0.581. The molecule has 0 spiro atoms. The van der Waals surface area contributed by atoms with Crippen molar-refractivity contribution in [1.82, 2.24) is 15.1 Å². The van der Waals surface area contributed by atoms with Gasteiger partial charge in [-0.3, -0.25) is 9.69 Å². The third kappa shape index (κ3) is 4.28. The monoisotopic (exact) mass is 421 g/mol. The topological polar surface area (TPSA) is 68.5 Å². The third-order valence-corrected chi connectivity index (χ3v) is 4.80. The zero-order valence-electron chi connectivity index (χ0n) is 15.9. The number of aromatic nitrogens is 2. The fourth-order valence-electron chi connectivity index (χ4n) is 2.69. The second-order valence-corrected chi connectivity index (χ2v) is 7.04. The van der Waals surface area contributed by atoms with Gasteiger partial charge >= 0.3 is 6.43 Å². The number of benzene rings is 2. The number of hydrogen-bond acceptors (Lipinski definition) is 6. The Kier molecular flexibility index (Phi) is 5.95.